The molecule has 0 radical (unpaired) electrons. The molecule has 0 fully saturated rings. The third kappa shape index (κ3) is 5.15. The number of anilines is 1. The maximum Gasteiger partial charge on any atom is 0.331 e. The molecule has 0 saturated carbocycles. The Morgan fingerprint density at radius 2 is 2.00 bits per heavy atom. The molecule has 1 amide bonds. The number of nitriles is 1. The summed E-state index contributed by atoms with van der Waals surface area (Å²) in [7, 11) is 0. The summed E-state index contributed by atoms with van der Waals surface area (Å²) in [5, 5.41) is 19.5. The van der Waals surface area contributed by atoms with Crippen LogP contribution >= 0.6 is 22.7 Å². The summed E-state index contributed by atoms with van der Waals surface area (Å²) < 4.78 is 6.92. The fourth-order valence-corrected chi connectivity index (χ4v) is 6.09. The van der Waals surface area contributed by atoms with E-state index in [1.165, 1.54) is 17.4 Å². The minimum atomic E-state index is -0.638. The normalized spacial score (nSPS) is 12.8. The Kier molecular flexibility index (Phi) is 7.07. The van der Waals surface area contributed by atoms with Crippen molar-refractivity contribution in [3.8, 4) is 22.3 Å². The predicted octanol–water partition coefficient (Wildman–Crippen LogP) is 5.61. The van der Waals surface area contributed by atoms with Gasteiger partial charge >= 0.3 is 5.97 Å². The van der Waals surface area contributed by atoms with Crippen LogP contribution in [0.15, 0.2) is 60.1 Å². The Morgan fingerprint density at radius 1 is 1.17 bits per heavy atom. The fourth-order valence-electron chi connectivity index (χ4n) is 4.10. The van der Waals surface area contributed by atoms with Crippen molar-refractivity contribution in [1.82, 2.24) is 9.78 Å². The molecule has 9 heteroatoms. The van der Waals surface area contributed by atoms with E-state index in [-0.39, 0.29) is 0 Å². The van der Waals surface area contributed by atoms with Crippen LogP contribution in [-0.4, -0.2) is 28.3 Å². The molecule has 1 aliphatic carbocycles. The maximum atomic E-state index is 12.4. The van der Waals surface area contributed by atoms with Gasteiger partial charge in [-0.2, -0.15) is 10.4 Å². The molecule has 3 aromatic heterocycles. The molecular formula is C27H22N4O3S2. The summed E-state index contributed by atoms with van der Waals surface area (Å²) in [4.78, 5) is 26.9. The van der Waals surface area contributed by atoms with E-state index >= 15 is 0 Å². The molecule has 5 rings (SSSR count). The number of fused-ring (bicyclic) bond motifs is 1. The highest BCUT2D eigenvalue weighted by atomic mass is 32.1. The molecule has 1 aromatic carbocycles. The molecule has 0 aliphatic heterocycles. The van der Waals surface area contributed by atoms with Gasteiger partial charge in [-0.15, -0.1) is 22.7 Å². The van der Waals surface area contributed by atoms with Gasteiger partial charge in [0.1, 0.15) is 16.8 Å². The second kappa shape index (κ2) is 10.7. The Bertz CT molecular complexity index is 1460. The molecule has 36 heavy (non-hydrogen) atoms. The van der Waals surface area contributed by atoms with Crippen LogP contribution in [0.2, 0.25) is 0 Å². The summed E-state index contributed by atoms with van der Waals surface area (Å²) in [5.74, 6) is -1.11. The number of benzene rings is 1. The first-order chi connectivity index (χ1) is 17.6. The summed E-state index contributed by atoms with van der Waals surface area (Å²) in [6, 6.07) is 15.8. The van der Waals surface area contributed by atoms with Crippen LogP contribution in [0.3, 0.4) is 0 Å². The number of aromatic nitrogens is 2. The van der Waals surface area contributed by atoms with Gasteiger partial charge in [-0.3, -0.25) is 4.79 Å². The lowest BCUT2D eigenvalue weighted by molar-refractivity contribution is -0.142. The fraction of sp³-hybridized carbons (Fsp3) is 0.185. The number of esters is 1. The van der Waals surface area contributed by atoms with Crippen LogP contribution in [-0.2, 0) is 27.2 Å². The van der Waals surface area contributed by atoms with E-state index < -0.39 is 18.5 Å². The van der Waals surface area contributed by atoms with E-state index in [9.17, 15) is 14.9 Å². The average molecular weight is 515 g/mol. The summed E-state index contributed by atoms with van der Waals surface area (Å²) in [6.45, 7) is -0.433. The SMILES string of the molecule is N#Cc1c(NC(=O)COC(=O)/C=C/c2cn(-c3ccccc3)nc2-c2cccs2)sc2c1CCCC2. The highest BCUT2D eigenvalue weighted by Crippen LogP contribution is 2.37. The van der Waals surface area contributed by atoms with Gasteiger partial charge in [0.25, 0.3) is 5.91 Å². The minimum absolute atomic E-state index is 0.433. The van der Waals surface area contributed by atoms with Crippen LogP contribution in [0.25, 0.3) is 22.3 Å². The third-order valence-electron chi connectivity index (χ3n) is 5.80. The van der Waals surface area contributed by atoms with Crippen LogP contribution in [0.1, 0.15) is 34.4 Å². The molecule has 7 nitrogen and oxygen atoms in total. The molecule has 0 unspecified atom stereocenters. The molecule has 3 heterocycles. The first-order valence-corrected chi connectivity index (χ1v) is 13.2. The van der Waals surface area contributed by atoms with E-state index in [0.29, 0.717) is 10.6 Å². The molecule has 0 atom stereocenters. The lowest BCUT2D eigenvalue weighted by atomic mass is 9.96. The van der Waals surface area contributed by atoms with Crippen molar-refractivity contribution in [2.75, 3.05) is 11.9 Å². The van der Waals surface area contributed by atoms with Crippen LogP contribution in [0.5, 0.6) is 0 Å². The summed E-state index contributed by atoms with van der Waals surface area (Å²) in [5.41, 5.74) is 3.99. The zero-order valence-electron chi connectivity index (χ0n) is 19.3. The number of hydrogen-bond acceptors (Lipinski definition) is 7. The third-order valence-corrected chi connectivity index (χ3v) is 7.88. The Balaban J connectivity index is 1.25. The van der Waals surface area contributed by atoms with Crippen molar-refractivity contribution < 1.29 is 14.3 Å². The zero-order valence-corrected chi connectivity index (χ0v) is 20.9. The lowest BCUT2D eigenvalue weighted by Gasteiger charge is -2.09. The number of amides is 1. The number of aryl methyl sites for hydroxylation is 1. The van der Waals surface area contributed by atoms with Gasteiger partial charge < -0.3 is 10.1 Å². The van der Waals surface area contributed by atoms with Crippen molar-refractivity contribution in [3.63, 3.8) is 0 Å². The summed E-state index contributed by atoms with van der Waals surface area (Å²) >= 11 is 3.00. The topological polar surface area (TPSA) is 97.0 Å². The van der Waals surface area contributed by atoms with Crippen molar-refractivity contribution >= 4 is 45.6 Å². The van der Waals surface area contributed by atoms with Gasteiger partial charge in [0, 0.05) is 22.7 Å². The Morgan fingerprint density at radius 3 is 2.78 bits per heavy atom. The largest absolute Gasteiger partial charge is 0.452 e. The van der Waals surface area contributed by atoms with Crippen molar-refractivity contribution in [1.29, 1.82) is 5.26 Å². The van der Waals surface area contributed by atoms with Gasteiger partial charge in [0.2, 0.25) is 0 Å². The number of carbonyl (C=O) groups is 2. The van der Waals surface area contributed by atoms with E-state index in [2.05, 4.69) is 11.4 Å². The second-order valence-corrected chi connectivity index (χ2v) is 10.3. The molecule has 1 aliphatic rings. The zero-order chi connectivity index (χ0) is 24.9. The molecule has 0 bridgehead atoms. The maximum absolute atomic E-state index is 12.4. The van der Waals surface area contributed by atoms with Crippen molar-refractivity contribution in [2.24, 2.45) is 0 Å². The molecule has 180 valence electrons. The molecule has 0 saturated heterocycles. The Hall–Kier alpha value is -4.00. The average Bonchev–Trinajstić information content (AvgIpc) is 3.65. The number of thiophene rings is 2. The number of rotatable bonds is 7. The smallest absolute Gasteiger partial charge is 0.331 e. The highest BCUT2D eigenvalue weighted by molar-refractivity contribution is 7.16. The van der Waals surface area contributed by atoms with E-state index in [0.717, 1.165) is 57.9 Å². The first kappa shape index (κ1) is 23.7. The molecule has 0 spiro atoms. The van der Waals surface area contributed by atoms with E-state index in [1.807, 2.05) is 54.0 Å². The standard InChI is InChI=1S/C27H22N4O3S2/c28-15-21-20-9-4-5-10-22(20)36-27(21)29-24(32)17-34-25(33)13-12-18-16-31(19-7-2-1-3-8-19)30-26(18)23-11-6-14-35-23/h1-3,6-8,11-14,16H,4-5,9-10,17H2,(H,29,32)/b13-12+. The van der Waals surface area contributed by atoms with E-state index in [1.54, 1.807) is 22.1 Å². The number of carbonyl (C=O) groups excluding carboxylic acids is 2. The Labute approximate surface area is 216 Å². The van der Waals surface area contributed by atoms with Crippen molar-refractivity contribution in [2.45, 2.75) is 25.7 Å². The number of nitrogens with one attached hydrogen (secondary N) is 1. The number of hydrogen-bond donors (Lipinski definition) is 1. The molecule has 1 N–H and O–H groups in total. The number of ether oxygens (including phenoxy) is 1. The van der Waals surface area contributed by atoms with Crippen LogP contribution < -0.4 is 5.32 Å². The quantitative estimate of drug-likeness (QED) is 0.255. The summed E-state index contributed by atoms with van der Waals surface area (Å²) in [6.07, 6.45) is 8.71. The monoisotopic (exact) mass is 514 g/mol. The van der Waals surface area contributed by atoms with Gasteiger partial charge in [0.15, 0.2) is 6.61 Å². The number of nitrogens with zero attached hydrogens (tertiary/aromatic N) is 3. The van der Waals surface area contributed by atoms with E-state index in [4.69, 9.17) is 9.84 Å². The minimum Gasteiger partial charge on any atom is -0.452 e. The first-order valence-electron chi connectivity index (χ1n) is 11.5. The lowest BCUT2D eigenvalue weighted by Crippen LogP contribution is -2.20. The molecular weight excluding hydrogens is 492 g/mol. The van der Waals surface area contributed by atoms with Crippen molar-refractivity contribution in [3.05, 3.63) is 81.7 Å². The number of para-hydroxylation sites is 1. The van der Waals surface area contributed by atoms with Gasteiger partial charge in [-0.1, -0.05) is 24.3 Å². The predicted molar refractivity (Wildman–Crippen MR) is 141 cm³/mol. The van der Waals surface area contributed by atoms with Gasteiger partial charge in [-0.05, 0) is 60.9 Å². The molecule has 4 aromatic rings. The van der Waals surface area contributed by atoms with Crippen LogP contribution in [0, 0.1) is 11.3 Å². The van der Waals surface area contributed by atoms with Gasteiger partial charge in [0.05, 0.1) is 16.1 Å². The second-order valence-electron chi connectivity index (χ2n) is 8.21. The van der Waals surface area contributed by atoms with Gasteiger partial charge in [-0.25, -0.2) is 9.48 Å². The highest BCUT2D eigenvalue weighted by Gasteiger charge is 2.22. The van der Waals surface area contributed by atoms with Crippen LogP contribution in [0.4, 0.5) is 5.00 Å².